The lowest BCUT2D eigenvalue weighted by atomic mass is 10.1. The van der Waals surface area contributed by atoms with Gasteiger partial charge >= 0.3 is 0 Å². The molecule has 0 spiro atoms. The fourth-order valence-corrected chi connectivity index (χ4v) is 2.35. The van der Waals surface area contributed by atoms with Crippen LogP contribution < -0.4 is 9.47 Å². The number of fused-ring (bicyclic) bond motifs is 1. The number of ketones is 1. The number of rotatable bonds is 3. The monoisotopic (exact) mass is 266 g/mol. The first kappa shape index (κ1) is 11.8. The molecule has 3 nitrogen and oxygen atoms in total. The summed E-state index contributed by atoms with van der Waals surface area (Å²) in [7, 11) is 0. The molecular formula is C14H15ClO3. The Morgan fingerprint density at radius 3 is 2.56 bits per heavy atom. The lowest BCUT2D eigenvalue weighted by molar-refractivity contribution is 0.0976. The fourth-order valence-electron chi connectivity index (χ4n) is 2.09. The van der Waals surface area contributed by atoms with Gasteiger partial charge in [0.05, 0.1) is 18.2 Å². The van der Waals surface area contributed by atoms with Crippen molar-refractivity contribution < 1.29 is 14.3 Å². The Morgan fingerprint density at radius 1 is 1.22 bits per heavy atom. The molecule has 0 aromatic heterocycles. The fraction of sp³-hybridized carbons (Fsp3) is 0.500. The van der Waals surface area contributed by atoms with Crippen LogP contribution in [0.1, 0.15) is 36.0 Å². The van der Waals surface area contributed by atoms with Crippen molar-refractivity contribution in [3.8, 4) is 11.5 Å². The van der Waals surface area contributed by atoms with Gasteiger partial charge in [-0.2, -0.15) is 0 Å². The molecule has 4 heteroatoms. The van der Waals surface area contributed by atoms with Crippen LogP contribution in [0.5, 0.6) is 11.5 Å². The summed E-state index contributed by atoms with van der Waals surface area (Å²) in [4.78, 5) is 12.1. The van der Waals surface area contributed by atoms with Gasteiger partial charge in [0.25, 0.3) is 0 Å². The topological polar surface area (TPSA) is 35.5 Å². The zero-order valence-electron chi connectivity index (χ0n) is 10.1. The molecule has 1 heterocycles. The number of carbonyl (C=O) groups is 1. The summed E-state index contributed by atoms with van der Waals surface area (Å²) >= 11 is 6.16. The summed E-state index contributed by atoms with van der Waals surface area (Å²) in [5, 5.41) is 0.463. The normalized spacial score (nSPS) is 18.3. The third-order valence-corrected chi connectivity index (χ3v) is 3.62. The van der Waals surface area contributed by atoms with Gasteiger partial charge in [-0.05, 0) is 24.8 Å². The first-order valence-electron chi connectivity index (χ1n) is 6.36. The largest absolute Gasteiger partial charge is 0.490 e. The van der Waals surface area contributed by atoms with Crippen molar-refractivity contribution in [2.75, 3.05) is 13.2 Å². The maximum Gasteiger partial charge on any atom is 0.164 e. The molecule has 0 N–H and O–H groups in total. The van der Waals surface area contributed by atoms with Gasteiger partial charge in [-0.1, -0.05) is 11.6 Å². The average Bonchev–Trinajstić information content (AvgIpc) is 3.14. The molecule has 0 bridgehead atoms. The van der Waals surface area contributed by atoms with Gasteiger partial charge in [0.2, 0.25) is 0 Å². The number of benzene rings is 1. The highest BCUT2D eigenvalue weighted by Gasteiger charge is 2.26. The first-order valence-corrected chi connectivity index (χ1v) is 6.74. The second-order valence-corrected chi connectivity index (χ2v) is 5.31. The van der Waals surface area contributed by atoms with E-state index >= 15 is 0 Å². The van der Waals surface area contributed by atoms with Crippen LogP contribution in [-0.4, -0.2) is 19.0 Å². The van der Waals surface area contributed by atoms with E-state index in [9.17, 15) is 4.79 Å². The molecule has 0 unspecified atom stereocenters. The van der Waals surface area contributed by atoms with Crippen LogP contribution >= 0.6 is 11.6 Å². The zero-order valence-corrected chi connectivity index (χ0v) is 10.8. The predicted molar refractivity (Wildman–Crippen MR) is 68.7 cm³/mol. The second kappa shape index (κ2) is 4.81. The second-order valence-electron chi connectivity index (χ2n) is 4.90. The van der Waals surface area contributed by atoms with Gasteiger partial charge in [-0.25, -0.2) is 0 Å². The molecule has 1 aromatic rings. The Hall–Kier alpha value is -1.22. The summed E-state index contributed by atoms with van der Waals surface area (Å²) in [6.45, 7) is 1.24. The molecule has 2 aliphatic rings. The van der Waals surface area contributed by atoms with E-state index in [-0.39, 0.29) is 5.78 Å². The van der Waals surface area contributed by atoms with Crippen molar-refractivity contribution >= 4 is 17.4 Å². The highest BCUT2D eigenvalue weighted by molar-refractivity contribution is 6.34. The van der Waals surface area contributed by atoms with Gasteiger partial charge in [0, 0.05) is 24.5 Å². The van der Waals surface area contributed by atoms with E-state index in [1.165, 1.54) is 0 Å². The maximum absolute atomic E-state index is 12.1. The molecule has 1 fully saturated rings. The molecule has 18 heavy (non-hydrogen) atoms. The average molecular weight is 267 g/mol. The lowest BCUT2D eigenvalue weighted by Gasteiger charge is -2.10. The minimum absolute atomic E-state index is 0.109. The molecule has 0 radical (unpaired) electrons. The molecule has 1 aromatic carbocycles. The van der Waals surface area contributed by atoms with Crippen LogP contribution in [0.15, 0.2) is 12.1 Å². The summed E-state index contributed by atoms with van der Waals surface area (Å²) in [5.41, 5.74) is 0.563. The Morgan fingerprint density at radius 2 is 1.89 bits per heavy atom. The lowest BCUT2D eigenvalue weighted by Crippen LogP contribution is -2.03. The number of ether oxygens (including phenoxy) is 2. The van der Waals surface area contributed by atoms with Crippen LogP contribution in [0.3, 0.4) is 0 Å². The SMILES string of the molecule is O=C(CC1CC1)c1cc2c(cc1Cl)OCCCO2. The molecule has 0 amide bonds. The maximum atomic E-state index is 12.1. The van der Waals surface area contributed by atoms with Crippen molar-refractivity contribution in [1.29, 1.82) is 0 Å². The van der Waals surface area contributed by atoms with Crippen LogP contribution in [0.25, 0.3) is 0 Å². The van der Waals surface area contributed by atoms with E-state index in [0.29, 0.717) is 47.6 Å². The summed E-state index contributed by atoms with van der Waals surface area (Å²) in [5.74, 6) is 1.94. The van der Waals surface area contributed by atoms with Crippen molar-refractivity contribution in [3.05, 3.63) is 22.7 Å². The summed E-state index contributed by atoms with van der Waals surface area (Å²) in [6, 6.07) is 3.43. The molecule has 3 rings (SSSR count). The highest BCUT2D eigenvalue weighted by atomic mass is 35.5. The predicted octanol–water partition coefficient (Wildman–Crippen LogP) is 3.48. The molecule has 0 atom stereocenters. The third kappa shape index (κ3) is 2.46. The Bertz CT molecular complexity index is 480. The first-order chi connectivity index (χ1) is 8.74. The smallest absolute Gasteiger partial charge is 0.164 e. The van der Waals surface area contributed by atoms with Gasteiger partial charge in [0.15, 0.2) is 17.3 Å². The summed E-state index contributed by atoms with van der Waals surface area (Å²) < 4.78 is 11.1. The van der Waals surface area contributed by atoms with Crippen molar-refractivity contribution in [2.24, 2.45) is 5.92 Å². The Labute approximate surface area is 111 Å². The van der Waals surface area contributed by atoms with Crippen LogP contribution in [0, 0.1) is 5.92 Å². The van der Waals surface area contributed by atoms with E-state index in [1.807, 2.05) is 0 Å². The molecule has 96 valence electrons. The molecular weight excluding hydrogens is 252 g/mol. The van der Waals surface area contributed by atoms with E-state index in [2.05, 4.69) is 0 Å². The zero-order chi connectivity index (χ0) is 12.5. The van der Waals surface area contributed by atoms with E-state index < -0.39 is 0 Å². The Balaban J connectivity index is 1.89. The van der Waals surface area contributed by atoms with Crippen LogP contribution in [-0.2, 0) is 0 Å². The number of Topliss-reactive ketones (excluding diaryl/α,β-unsaturated/α-hetero) is 1. The van der Waals surface area contributed by atoms with Gasteiger partial charge in [0.1, 0.15) is 0 Å². The number of hydrogen-bond acceptors (Lipinski definition) is 3. The number of hydrogen-bond donors (Lipinski definition) is 0. The van der Waals surface area contributed by atoms with E-state index in [1.54, 1.807) is 12.1 Å². The molecule has 0 saturated heterocycles. The minimum atomic E-state index is 0.109. The van der Waals surface area contributed by atoms with Crippen molar-refractivity contribution in [2.45, 2.75) is 25.7 Å². The number of halogens is 1. The highest BCUT2D eigenvalue weighted by Crippen LogP contribution is 2.38. The van der Waals surface area contributed by atoms with Gasteiger partial charge in [-0.15, -0.1) is 0 Å². The van der Waals surface area contributed by atoms with Crippen LogP contribution in [0.2, 0.25) is 5.02 Å². The minimum Gasteiger partial charge on any atom is -0.490 e. The molecule has 1 saturated carbocycles. The van der Waals surface area contributed by atoms with E-state index in [0.717, 1.165) is 19.3 Å². The molecule has 1 aliphatic heterocycles. The quantitative estimate of drug-likeness (QED) is 0.786. The summed E-state index contributed by atoms with van der Waals surface area (Å²) in [6.07, 6.45) is 3.76. The third-order valence-electron chi connectivity index (χ3n) is 3.31. The number of carbonyl (C=O) groups excluding carboxylic acids is 1. The van der Waals surface area contributed by atoms with Gasteiger partial charge < -0.3 is 9.47 Å². The Kier molecular flexibility index (Phi) is 3.16. The van der Waals surface area contributed by atoms with E-state index in [4.69, 9.17) is 21.1 Å². The van der Waals surface area contributed by atoms with Crippen molar-refractivity contribution in [3.63, 3.8) is 0 Å². The standard InChI is InChI=1S/C14H15ClO3/c15-11-8-14-13(17-4-1-5-18-14)7-10(11)12(16)6-9-2-3-9/h7-9H,1-6H2. The van der Waals surface area contributed by atoms with Gasteiger partial charge in [-0.3, -0.25) is 4.79 Å². The molecule has 1 aliphatic carbocycles. The van der Waals surface area contributed by atoms with Crippen LogP contribution in [0.4, 0.5) is 0 Å². The van der Waals surface area contributed by atoms with Crippen molar-refractivity contribution in [1.82, 2.24) is 0 Å².